The molecule has 1 aliphatic heterocycles. The van der Waals surface area contributed by atoms with E-state index in [1.165, 1.54) is 0 Å². The molecular weight excluding hydrogens is 226 g/mol. The van der Waals surface area contributed by atoms with E-state index in [1.54, 1.807) is 0 Å². The number of nitrogens with zero attached hydrogens (tertiary/aromatic N) is 1. The molecule has 0 spiro atoms. The van der Waals surface area contributed by atoms with E-state index in [9.17, 15) is 4.79 Å². The summed E-state index contributed by atoms with van der Waals surface area (Å²) in [5.74, 6) is 0.228. The molecule has 0 amide bonds. The SMILES string of the molecule is CC(C)C1=N[C@H](C(=O)OCc2ccccc2)CC1. The van der Waals surface area contributed by atoms with Crippen LogP contribution in [0.4, 0.5) is 0 Å². The number of hydrogen-bond acceptors (Lipinski definition) is 3. The molecule has 0 fully saturated rings. The summed E-state index contributed by atoms with van der Waals surface area (Å²) < 4.78 is 5.29. The van der Waals surface area contributed by atoms with Crippen LogP contribution in [0.1, 0.15) is 32.3 Å². The lowest BCUT2D eigenvalue weighted by molar-refractivity contribution is -0.146. The lowest BCUT2D eigenvalue weighted by Gasteiger charge is -2.08. The molecule has 0 unspecified atom stereocenters. The molecule has 0 bridgehead atoms. The first-order valence-corrected chi connectivity index (χ1v) is 6.44. The third-order valence-electron chi connectivity index (χ3n) is 3.16. The number of carbonyl (C=O) groups is 1. The number of rotatable bonds is 4. The second-order valence-corrected chi connectivity index (χ2v) is 4.92. The van der Waals surface area contributed by atoms with Crippen molar-refractivity contribution in [1.82, 2.24) is 0 Å². The highest BCUT2D eigenvalue weighted by Crippen LogP contribution is 2.19. The van der Waals surface area contributed by atoms with Crippen LogP contribution in [0.2, 0.25) is 0 Å². The summed E-state index contributed by atoms with van der Waals surface area (Å²) in [5, 5.41) is 0. The van der Waals surface area contributed by atoms with Crippen LogP contribution in [0.3, 0.4) is 0 Å². The van der Waals surface area contributed by atoms with E-state index >= 15 is 0 Å². The molecule has 3 nitrogen and oxygen atoms in total. The number of hydrogen-bond donors (Lipinski definition) is 0. The summed E-state index contributed by atoms with van der Waals surface area (Å²) in [6.07, 6.45) is 1.71. The van der Waals surface area contributed by atoms with Gasteiger partial charge in [-0.05, 0) is 24.3 Å². The molecule has 1 aromatic rings. The van der Waals surface area contributed by atoms with Crippen LogP contribution >= 0.6 is 0 Å². The van der Waals surface area contributed by atoms with Gasteiger partial charge in [0, 0.05) is 5.71 Å². The maximum Gasteiger partial charge on any atom is 0.331 e. The zero-order valence-corrected chi connectivity index (χ0v) is 10.9. The summed E-state index contributed by atoms with van der Waals surface area (Å²) in [7, 11) is 0. The molecule has 18 heavy (non-hydrogen) atoms. The number of benzene rings is 1. The summed E-state index contributed by atoms with van der Waals surface area (Å²) in [6, 6.07) is 9.43. The molecular formula is C15H19NO2. The van der Waals surface area contributed by atoms with Gasteiger partial charge in [0.2, 0.25) is 0 Å². The van der Waals surface area contributed by atoms with Crippen LogP contribution in [0, 0.1) is 5.92 Å². The fourth-order valence-corrected chi connectivity index (χ4v) is 2.05. The highest BCUT2D eigenvalue weighted by Gasteiger charge is 2.26. The van der Waals surface area contributed by atoms with Crippen molar-refractivity contribution in [2.45, 2.75) is 39.3 Å². The van der Waals surface area contributed by atoms with Gasteiger partial charge in [-0.1, -0.05) is 44.2 Å². The molecule has 3 heteroatoms. The number of esters is 1. The fraction of sp³-hybridized carbons (Fsp3) is 0.467. The van der Waals surface area contributed by atoms with E-state index in [0.717, 1.165) is 24.1 Å². The van der Waals surface area contributed by atoms with Crippen LogP contribution in [-0.2, 0) is 16.1 Å². The van der Waals surface area contributed by atoms with Gasteiger partial charge in [0.25, 0.3) is 0 Å². The standard InChI is InChI=1S/C15H19NO2/c1-11(2)13-8-9-14(16-13)15(17)18-10-12-6-4-3-5-7-12/h3-7,11,14H,8-10H2,1-2H3/t14-/m0/s1. The fourth-order valence-electron chi connectivity index (χ4n) is 2.05. The molecule has 1 heterocycles. The van der Waals surface area contributed by atoms with Crippen molar-refractivity contribution in [1.29, 1.82) is 0 Å². The second-order valence-electron chi connectivity index (χ2n) is 4.92. The van der Waals surface area contributed by atoms with Crippen LogP contribution in [-0.4, -0.2) is 17.7 Å². The predicted octanol–water partition coefficient (Wildman–Crippen LogP) is 2.99. The van der Waals surface area contributed by atoms with Crippen molar-refractivity contribution in [3.8, 4) is 0 Å². The highest BCUT2D eigenvalue weighted by molar-refractivity contribution is 5.92. The summed E-state index contributed by atoms with van der Waals surface area (Å²) in [6.45, 7) is 4.55. The molecule has 96 valence electrons. The lowest BCUT2D eigenvalue weighted by Crippen LogP contribution is -2.19. The van der Waals surface area contributed by atoms with E-state index < -0.39 is 0 Å². The lowest BCUT2D eigenvalue weighted by atomic mass is 10.1. The first-order chi connectivity index (χ1) is 8.66. The Morgan fingerprint density at radius 3 is 2.72 bits per heavy atom. The summed E-state index contributed by atoms with van der Waals surface area (Å²) in [4.78, 5) is 16.3. The zero-order chi connectivity index (χ0) is 13.0. The Morgan fingerprint density at radius 1 is 1.39 bits per heavy atom. The van der Waals surface area contributed by atoms with E-state index in [1.807, 2.05) is 30.3 Å². The topological polar surface area (TPSA) is 38.7 Å². The molecule has 1 aliphatic rings. The molecule has 0 N–H and O–H groups in total. The monoisotopic (exact) mass is 245 g/mol. The van der Waals surface area contributed by atoms with Crippen molar-refractivity contribution in [2.24, 2.45) is 10.9 Å². The van der Waals surface area contributed by atoms with Gasteiger partial charge in [-0.15, -0.1) is 0 Å². The van der Waals surface area contributed by atoms with Gasteiger partial charge in [0.05, 0.1) is 0 Å². The predicted molar refractivity (Wildman–Crippen MR) is 71.5 cm³/mol. The van der Waals surface area contributed by atoms with Gasteiger partial charge in [-0.25, -0.2) is 4.79 Å². The average molecular weight is 245 g/mol. The Labute approximate surface area is 108 Å². The largest absolute Gasteiger partial charge is 0.459 e. The third kappa shape index (κ3) is 3.19. The van der Waals surface area contributed by atoms with Gasteiger partial charge >= 0.3 is 5.97 Å². The molecule has 0 aromatic heterocycles. The molecule has 0 saturated carbocycles. The van der Waals surface area contributed by atoms with Crippen molar-refractivity contribution in [2.75, 3.05) is 0 Å². The van der Waals surface area contributed by atoms with Crippen LogP contribution in [0.5, 0.6) is 0 Å². The van der Waals surface area contributed by atoms with Gasteiger partial charge < -0.3 is 4.74 Å². The van der Waals surface area contributed by atoms with E-state index in [4.69, 9.17) is 4.74 Å². The Kier molecular flexibility index (Phi) is 4.13. The minimum Gasteiger partial charge on any atom is -0.459 e. The van der Waals surface area contributed by atoms with E-state index in [-0.39, 0.29) is 12.0 Å². The van der Waals surface area contributed by atoms with Gasteiger partial charge in [-0.3, -0.25) is 4.99 Å². The van der Waals surface area contributed by atoms with Crippen molar-refractivity contribution >= 4 is 11.7 Å². The normalized spacial score (nSPS) is 18.8. The number of aliphatic imine (C=N–C) groups is 1. The van der Waals surface area contributed by atoms with Gasteiger partial charge in [0.1, 0.15) is 12.6 Å². The number of carbonyl (C=O) groups excluding carboxylic acids is 1. The van der Waals surface area contributed by atoms with Crippen LogP contribution < -0.4 is 0 Å². The van der Waals surface area contributed by atoms with Crippen molar-refractivity contribution in [3.63, 3.8) is 0 Å². The summed E-state index contributed by atoms with van der Waals surface area (Å²) >= 11 is 0. The minimum atomic E-state index is -0.286. The van der Waals surface area contributed by atoms with E-state index in [0.29, 0.717) is 12.5 Å². The van der Waals surface area contributed by atoms with E-state index in [2.05, 4.69) is 18.8 Å². The van der Waals surface area contributed by atoms with Gasteiger partial charge in [-0.2, -0.15) is 0 Å². The Hall–Kier alpha value is -1.64. The Balaban J connectivity index is 1.86. The van der Waals surface area contributed by atoms with Crippen molar-refractivity contribution < 1.29 is 9.53 Å². The maximum atomic E-state index is 11.9. The molecule has 0 radical (unpaired) electrons. The average Bonchev–Trinajstić information content (AvgIpc) is 2.87. The smallest absolute Gasteiger partial charge is 0.331 e. The van der Waals surface area contributed by atoms with Crippen LogP contribution in [0.15, 0.2) is 35.3 Å². The Bertz CT molecular complexity index is 437. The molecule has 0 aliphatic carbocycles. The first kappa shape index (κ1) is 12.8. The maximum absolute atomic E-state index is 11.9. The minimum absolute atomic E-state index is 0.200. The quantitative estimate of drug-likeness (QED) is 0.765. The third-order valence-corrected chi connectivity index (χ3v) is 3.16. The zero-order valence-electron chi connectivity index (χ0n) is 10.9. The molecule has 2 rings (SSSR count). The first-order valence-electron chi connectivity index (χ1n) is 6.44. The van der Waals surface area contributed by atoms with Crippen molar-refractivity contribution in [3.05, 3.63) is 35.9 Å². The Morgan fingerprint density at radius 2 is 2.11 bits per heavy atom. The highest BCUT2D eigenvalue weighted by atomic mass is 16.5. The molecule has 1 atom stereocenters. The number of ether oxygens (including phenoxy) is 1. The molecule has 1 aromatic carbocycles. The van der Waals surface area contributed by atoms with Crippen LogP contribution in [0.25, 0.3) is 0 Å². The summed E-state index contributed by atoms with van der Waals surface area (Å²) in [5.41, 5.74) is 2.15. The molecule has 0 saturated heterocycles. The second kappa shape index (κ2) is 5.80. The van der Waals surface area contributed by atoms with Gasteiger partial charge in [0.15, 0.2) is 0 Å².